The number of hydrogen-bond donors (Lipinski definition) is 0. The predicted octanol–water partition coefficient (Wildman–Crippen LogP) is 4.66. The maximum absolute atomic E-state index is 4.00. The molecule has 82 valence electrons. The lowest BCUT2D eigenvalue weighted by Crippen LogP contribution is -2.28. The minimum atomic E-state index is 0.924. The molecule has 0 amide bonds. The van der Waals surface area contributed by atoms with Gasteiger partial charge in [0.2, 0.25) is 0 Å². The lowest BCUT2D eigenvalue weighted by Gasteiger charge is -2.38. The summed E-state index contributed by atoms with van der Waals surface area (Å²) in [5.74, 6) is 3.74. The molecule has 0 bridgehead atoms. The molecule has 14 heavy (non-hydrogen) atoms. The van der Waals surface area contributed by atoms with Gasteiger partial charge in [-0.3, -0.25) is 0 Å². The zero-order chi connectivity index (χ0) is 10.7. The molecule has 1 aliphatic rings. The Morgan fingerprint density at radius 1 is 1.14 bits per heavy atom. The Morgan fingerprint density at radius 3 is 2.07 bits per heavy atom. The largest absolute Gasteiger partial charge is 0.100 e. The van der Waals surface area contributed by atoms with Gasteiger partial charge in [0, 0.05) is 0 Å². The van der Waals surface area contributed by atoms with Crippen LogP contribution in [0.1, 0.15) is 53.4 Å². The molecular weight excluding hydrogens is 168 g/mol. The van der Waals surface area contributed by atoms with Gasteiger partial charge in [-0.05, 0) is 56.3 Å². The fraction of sp³-hybridized carbons (Fsp3) is 0.857. The van der Waals surface area contributed by atoms with Crippen LogP contribution in [0.15, 0.2) is 12.2 Å². The summed E-state index contributed by atoms with van der Waals surface area (Å²) in [5, 5.41) is 0. The van der Waals surface area contributed by atoms with E-state index in [2.05, 4.69) is 34.3 Å². The monoisotopic (exact) mass is 194 g/mol. The molecule has 1 rings (SSSR count). The molecule has 0 aromatic heterocycles. The molecule has 0 radical (unpaired) electrons. The van der Waals surface area contributed by atoms with E-state index in [1.165, 1.54) is 31.3 Å². The van der Waals surface area contributed by atoms with Crippen LogP contribution in [0.25, 0.3) is 0 Å². The second-order valence-corrected chi connectivity index (χ2v) is 5.69. The molecule has 0 heterocycles. The molecule has 0 aromatic rings. The fourth-order valence-electron chi connectivity index (χ4n) is 3.26. The van der Waals surface area contributed by atoms with E-state index in [1.807, 2.05) is 0 Å². The van der Waals surface area contributed by atoms with E-state index in [0.29, 0.717) is 0 Å². The van der Waals surface area contributed by atoms with Crippen LogP contribution in [-0.4, -0.2) is 0 Å². The normalized spacial score (nSPS) is 38.3. The van der Waals surface area contributed by atoms with Gasteiger partial charge in [0.1, 0.15) is 0 Å². The molecular formula is C14H26. The molecule has 0 heteroatoms. The molecule has 0 aliphatic heterocycles. The smallest absolute Gasteiger partial charge is 0.0323 e. The van der Waals surface area contributed by atoms with E-state index < -0.39 is 0 Å². The third kappa shape index (κ3) is 3.15. The van der Waals surface area contributed by atoms with Crippen molar-refractivity contribution in [2.24, 2.45) is 23.7 Å². The third-order valence-electron chi connectivity index (χ3n) is 3.91. The summed E-state index contributed by atoms with van der Waals surface area (Å²) in [6.45, 7) is 13.4. The first-order valence-electron chi connectivity index (χ1n) is 6.15. The molecule has 0 spiro atoms. The van der Waals surface area contributed by atoms with Crippen LogP contribution in [0.5, 0.6) is 0 Å². The predicted molar refractivity (Wildman–Crippen MR) is 64.3 cm³/mol. The second kappa shape index (κ2) is 5.00. The first-order chi connectivity index (χ1) is 6.50. The fourth-order valence-corrected chi connectivity index (χ4v) is 3.26. The van der Waals surface area contributed by atoms with Gasteiger partial charge in [-0.15, -0.1) is 6.58 Å². The van der Waals surface area contributed by atoms with E-state index in [1.54, 1.807) is 0 Å². The minimum Gasteiger partial charge on any atom is -0.100 e. The average Bonchev–Trinajstić information content (AvgIpc) is 2.01. The van der Waals surface area contributed by atoms with E-state index in [-0.39, 0.29) is 0 Å². The van der Waals surface area contributed by atoms with E-state index in [0.717, 1.165) is 23.7 Å². The lowest BCUT2D eigenvalue weighted by atomic mass is 9.68. The molecule has 0 aromatic carbocycles. The minimum absolute atomic E-state index is 0.924. The van der Waals surface area contributed by atoms with Crippen molar-refractivity contribution in [1.82, 2.24) is 0 Å². The molecule has 2 unspecified atom stereocenters. The summed E-state index contributed by atoms with van der Waals surface area (Å²) in [7, 11) is 0. The van der Waals surface area contributed by atoms with Crippen molar-refractivity contribution in [2.45, 2.75) is 53.4 Å². The number of allylic oxidation sites excluding steroid dienone is 1. The van der Waals surface area contributed by atoms with Crippen LogP contribution < -0.4 is 0 Å². The Kier molecular flexibility index (Phi) is 4.22. The Morgan fingerprint density at radius 2 is 1.64 bits per heavy atom. The Balaban J connectivity index is 2.45. The summed E-state index contributed by atoms with van der Waals surface area (Å²) >= 11 is 0. The number of hydrogen-bond acceptors (Lipinski definition) is 0. The SMILES string of the molecule is C=C(C)CCC1C(C)CC(C)CC1C. The van der Waals surface area contributed by atoms with Crippen molar-refractivity contribution in [3.05, 3.63) is 12.2 Å². The zero-order valence-electron chi connectivity index (χ0n) is 10.3. The Labute approximate surface area is 89.8 Å². The second-order valence-electron chi connectivity index (χ2n) is 5.69. The van der Waals surface area contributed by atoms with Crippen molar-refractivity contribution in [2.75, 3.05) is 0 Å². The van der Waals surface area contributed by atoms with Crippen LogP contribution in [0.3, 0.4) is 0 Å². The van der Waals surface area contributed by atoms with Crippen LogP contribution in [0.4, 0.5) is 0 Å². The van der Waals surface area contributed by atoms with Crippen molar-refractivity contribution >= 4 is 0 Å². The summed E-state index contributed by atoms with van der Waals surface area (Å²) in [4.78, 5) is 0. The lowest BCUT2D eigenvalue weighted by molar-refractivity contribution is 0.128. The van der Waals surface area contributed by atoms with Gasteiger partial charge in [0.05, 0.1) is 0 Å². The van der Waals surface area contributed by atoms with Crippen LogP contribution >= 0.6 is 0 Å². The highest BCUT2D eigenvalue weighted by atomic mass is 14.4. The summed E-state index contributed by atoms with van der Waals surface area (Å²) in [6, 6.07) is 0. The van der Waals surface area contributed by atoms with Crippen molar-refractivity contribution in [3.63, 3.8) is 0 Å². The summed E-state index contributed by atoms with van der Waals surface area (Å²) < 4.78 is 0. The van der Waals surface area contributed by atoms with Gasteiger partial charge in [-0.1, -0.05) is 26.3 Å². The molecule has 1 aliphatic carbocycles. The maximum atomic E-state index is 4.00. The van der Waals surface area contributed by atoms with Crippen molar-refractivity contribution in [3.8, 4) is 0 Å². The molecule has 2 atom stereocenters. The summed E-state index contributed by atoms with van der Waals surface area (Å²) in [6.07, 6.45) is 5.47. The van der Waals surface area contributed by atoms with Crippen LogP contribution in [-0.2, 0) is 0 Å². The molecule has 1 saturated carbocycles. The van der Waals surface area contributed by atoms with Gasteiger partial charge in [0.25, 0.3) is 0 Å². The van der Waals surface area contributed by atoms with Gasteiger partial charge < -0.3 is 0 Å². The van der Waals surface area contributed by atoms with Crippen molar-refractivity contribution < 1.29 is 0 Å². The van der Waals surface area contributed by atoms with Crippen LogP contribution in [0.2, 0.25) is 0 Å². The zero-order valence-corrected chi connectivity index (χ0v) is 10.3. The Bertz CT molecular complexity index is 180. The van der Waals surface area contributed by atoms with E-state index in [9.17, 15) is 0 Å². The third-order valence-corrected chi connectivity index (χ3v) is 3.91. The molecule has 1 fully saturated rings. The van der Waals surface area contributed by atoms with E-state index >= 15 is 0 Å². The summed E-state index contributed by atoms with van der Waals surface area (Å²) in [5.41, 5.74) is 1.35. The quantitative estimate of drug-likeness (QED) is 0.573. The highest BCUT2D eigenvalue weighted by molar-refractivity contribution is 4.90. The Hall–Kier alpha value is -0.260. The van der Waals surface area contributed by atoms with Gasteiger partial charge in [-0.2, -0.15) is 0 Å². The number of rotatable bonds is 3. The standard InChI is InChI=1S/C14H26/c1-10(2)6-7-14-12(4)8-11(3)9-13(14)5/h11-14H,1,6-9H2,2-5H3. The van der Waals surface area contributed by atoms with Crippen LogP contribution in [0, 0.1) is 23.7 Å². The highest BCUT2D eigenvalue weighted by Gasteiger charge is 2.30. The molecule has 0 nitrogen and oxygen atoms in total. The van der Waals surface area contributed by atoms with Gasteiger partial charge in [0.15, 0.2) is 0 Å². The van der Waals surface area contributed by atoms with Gasteiger partial charge in [-0.25, -0.2) is 0 Å². The first-order valence-corrected chi connectivity index (χ1v) is 6.15. The topological polar surface area (TPSA) is 0 Å². The first kappa shape index (κ1) is 11.8. The highest BCUT2D eigenvalue weighted by Crippen LogP contribution is 2.40. The van der Waals surface area contributed by atoms with Crippen molar-refractivity contribution in [1.29, 1.82) is 0 Å². The van der Waals surface area contributed by atoms with E-state index in [4.69, 9.17) is 0 Å². The molecule has 0 saturated heterocycles. The average molecular weight is 194 g/mol. The maximum Gasteiger partial charge on any atom is -0.0323 e. The van der Waals surface area contributed by atoms with Gasteiger partial charge >= 0.3 is 0 Å². The molecule has 0 N–H and O–H groups in total.